The van der Waals surface area contributed by atoms with Crippen molar-refractivity contribution in [3.05, 3.63) is 0 Å². The van der Waals surface area contributed by atoms with Crippen molar-refractivity contribution in [2.75, 3.05) is 0 Å². The van der Waals surface area contributed by atoms with Gasteiger partial charge >= 0.3 is 0 Å². The average molecular weight is 185 g/mol. The van der Waals surface area contributed by atoms with Gasteiger partial charge in [-0.15, -0.1) is 0 Å². The summed E-state index contributed by atoms with van der Waals surface area (Å²) < 4.78 is 0. The summed E-state index contributed by atoms with van der Waals surface area (Å²) in [4.78, 5) is 0. The second-order valence-corrected chi connectivity index (χ2v) is 5.86. The smallest absolute Gasteiger partial charge is 0.0808 e. The van der Waals surface area contributed by atoms with Gasteiger partial charge in [-0.05, 0) is 30.6 Å². The van der Waals surface area contributed by atoms with Gasteiger partial charge in [-0.2, -0.15) is 0 Å². The molecule has 3 N–H and O–H groups in total. The summed E-state index contributed by atoms with van der Waals surface area (Å²) >= 11 is 0. The predicted octanol–water partition coefficient (Wildman–Crippen LogP) is 1.91. The van der Waals surface area contributed by atoms with Crippen LogP contribution in [0.4, 0.5) is 0 Å². The zero-order chi connectivity index (χ0) is 10.3. The highest BCUT2D eigenvalue weighted by atomic mass is 16.3. The summed E-state index contributed by atoms with van der Waals surface area (Å²) in [5.41, 5.74) is 5.70. The van der Waals surface area contributed by atoms with Crippen LogP contribution >= 0.6 is 0 Å². The van der Waals surface area contributed by atoms with Crippen LogP contribution in [-0.2, 0) is 0 Å². The first kappa shape index (κ1) is 11.0. The predicted molar refractivity (Wildman–Crippen MR) is 55.4 cm³/mol. The molecule has 1 aliphatic rings. The molecule has 0 amide bonds. The number of rotatable bonds is 3. The largest absolute Gasteiger partial charge is 0.388 e. The lowest BCUT2D eigenvalue weighted by Gasteiger charge is -2.53. The Morgan fingerprint density at radius 2 is 1.77 bits per heavy atom. The minimum atomic E-state index is -0.576. The summed E-state index contributed by atoms with van der Waals surface area (Å²) in [6, 6.07) is -0.0412. The highest BCUT2D eigenvalue weighted by molar-refractivity contribution is 5.05. The van der Waals surface area contributed by atoms with Gasteiger partial charge in [-0.1, -0.05) is 27.7 Å². The van der Waals surface area contributed by atoms with E-state index in [1.54, 1.807) is 0 Å². The van der Waals surface area contributed by atoms with Crippen molar-refractivity contribution in [1.29, 1.82) is 0 Å². The zero-order valence-corrected chi connectivity index (χ0v) is 9.30. The average Bonchev–Trinajstić information content (AvgIpc) is 1.80. The van der Waals surface area contributed by atoms with Gasteiger partial charge < -0.3 is 10.8 Å². The summed E-state index contributed by atoms with van der Waals surface area (Å²) in [6.45, 7) is 8.66. The second kappa shape index (κ2) is 3.25. The Bertz CT molecular complexity index is 179. The van der Waals surface area contributed by atoms with Gasteiger partial charge in [0.25, 0.3) is 0 Å². The van der Waals surface area contributed by atoms with Crippen LogP contribution in [-0.4, -0.2) is 16.7 Å². The van der Waals surface area contributed by atoms with Gasteiger partial charge in [-0.3, -0.25) is 0 Å². The molecule has 0 spiro atoms. The Labute approximate surface area is 81.5 Å². The quantitative estimate of drug-likeness (QED) is 0.705. The van der Waals surface area contributed by atoms with Crippen LogP contribution < -0.4 is 5.73 Å². The zero-order valence-electron chi connectivity index (χ0n) is 9.30. The fourth-order valence-corrected chi connectivity index (χ4v) is 2.60. The van der Waals surface area contributed by atoms with Gasteiger partial charge in [0, 0.05) is 6.04 Å². The van der Waals surface area contributed by atoms with Crippen LogP contribution in [0.3, 0.4) is 0 Å². The van der Waals surface area contributed by atoms with E-state index in [2.05, 4.69) is 27.7 Å². The maximum absolute atomic E-state index is 10.1. The molecular weight excluding hydrogens is 162 g/mol. The number of aliphatic hydroxyl groups is 1. The standard InChI is InChI=1S/C11H23NO/c1-8(2)5-9(12)11(13)6-10(3,4)7-11/h8-9,13H,5-7,12H2,1-4H3. The van der Waals surface area contributed by atoms with E-state index in [0.717, 1.165) is 19.3 Å². The van der Waals surface area contributed by atoms with Crippen LogP contribution in [0.25, 0.3) is 0 Å². The monoisotopic (exact) mass is 185 g/mol. The van der Waals surface area contributed by atoms with E-state index in [4.69, 9.17) is 5.73 Å². The molecule has 13 heavy (non-hydrogen) atoms. The van der Waals surface area contributed by atoms with Crippen LogP contribution in [0.5, 0.6) is 0 Å². The van der Waals surface area contributed by atoms with Gasteiger partial charge in [-0.25, -0.2) is 0 Å². The summed E-state index contributed by atoms with van der Waals surface area (Å²) in [7, 11) is 0. The third-order valence-electron chi connectivity index (χ3n) is 2.98. The minimum Gasteiger partial charge on any atom is -0.388 e. The fraction of sp³-hybridized carbons (Fsp3) is 1.00. The molecule has 0 aliphatic heterocycles. The van der Waals surface area contributed by atoms with Crippen LogP contribution in [0, 0.1) is 11.3 Å². The SMILES string of the molecule is CC(C)CC(N)C1(O)CC(C)(C)C1. The van der Waals surface area contributed by atoms with Crippen molar-refractivity contribution >= 4 is 0 Å². The molecule has 0 aromatic heterocycles. The number of hydrogen-bond donors (Lipinski definition) is 2. The first-order valence-corrected chi connectivity index (χ1v) is 5.23. The van der Waals surface area contributed by atoms with Crippen molar-refractivity contribution in [3.8, 4) is 0 Å². The van der Waals surface area contributed by atoms with Crippen LogP contribution in [0.2, 0.25) is 0 Å². The normalized spacial score (nSPS) is 27.0. The number of hydrogen-bond acceptors (Lipinski definition) is 2. The molecule has 0 aromatic rings. The molecule has 1 atom stereocenters. The van der Waals surface area contributed by atoms with Gasteiger partial charge in [0.2, 0.25) is 0 Å². The molecule has 0 radical (unpaired) electrons. The molecule has 0 aromatic carbocycles. The number of nitrogens with two attached hydrogens (primary N) is 1. The van der Waals surface area contributed by atoms with Gasteiger partial charge in [0.1, 0.15) is 0 Å². The molecule has 0 bridgehead atoms. The van der Waals surface area contributed by atoms with Crippen LogP contribution in [0.1, 0.15) is 47.0 Å². The second-order valence-electron chi connectivity index (χ2n) is 5.86. The van der Waals surface area contributed by atoms with E-state index in [1.807, 2.05) is 0 Å². The molecule has 0 saturated heterocycles. The fourth-order valence-electron chi connectivity index (χ4n) is 2.60. The third-order valence-corrected chi connectivity index (χ3v) is 2.98. The van der Waals surface area contributed by atoms with E-state index in [1.165, 1.54) is 0 Å². The first-order valence-electron chi connectivity index (χ1n) is 5.23. The molecule has 78 valence electrons. The summed E-state index contributed by atoms with van der Waals surface area (Å²) in [5.74, 6) is 0.572. The highest BCUT2D eigenvalue weighted by Gasteiger charge is 2.51. The van der Waals surface area contributed by atoms with E-state index >= 15 is 0 Å². The van der Waals surface area contributed by atoms with Gasteiger partial charge in [0.15, 0.2) is 0 Å². The molecule has 1 fully saturated rings. The molecule has 1 rings (SSSR count). The van der Waals surface area contributed by atoms with Crippen molar-refractivity contribution in [2.24, 2.45) is 17.1 Å². The Morgan fingerprint density at radius 3 is 2.08 bits per heavy atom. The van der Waals surface area contributed by atoms with Crippen molar-refractivity contribution in [2.45, 2.75) is 58.6 Å². The van der Waals surface area contributed by atoms with Gasteiger partial charge in [0.05, 0.1) is 5.60 Å². The molecule has 1 unspecified atom stereocenters. The summed E-state index contributed by atoms with van der Waals surface area (Å²) in [5, 5.41) is 10.1. The topological polar surface area (TPSA) is 46.2 Å². The Balaban J connectivity index is 2.45. The lowest BCUT2D eigenvalue weighted by atomic mass is 9.58. The highest BCUT2D eigenvalue weighted by Crippen LogP contribution is 2.49. The molecule has 1 aliphatic carbocycles. The van der Waals surface area contributed by atoms with Crippen molar-refractivity contribution in [3.63, 3.8) is 0 Å². The Kier molecular flexibility index (Phi) is 2.75. The van der Waals surface area contributed by atoms with E-state index < -0.39 is 5.60 Å². The molecule has 2 nitrogen and oxygen atoms in total. The van der Waals surface area contributed by atoms with E-state index in [9.17, 15) is 5.11 Å². The van der Waals surface area contributed by atoms with E-state index in [0.29, 0.717) is 11.3 Å². The molecular formula is C11H23NO. The van der Waals surface area contributed by atoms with Crippen molar-refractivity contribution < 1.29 is 5.11 Å². The molecule has 1 saturated carbocycles. The third kappa shape index (κ3) is 2.44. The molecule has 0 heterocycles. The first-order chi connectivity index (χ1) is 5.75. The summed E-state index contributed by atoms with van der Waals surface area (Å²) in [6.07, 6.45) is 2.63. The van der Waals surface area contributed by atoms with E-state index in [-0.39, 0.29) is 6.04 Å². The minimum absolute atomic E-state index is 0.0412. The maximum Gasteiger partial charge on any atom is 0.0808 e. The lowest BCUT2D eigenvalue weighted by molar-refractivity contribution is -0.131. The Hall–Kier alpha value is -0.0800. The lowest BCUT2D eigenvalue weighted by Crippen LogP contribution is -2.60. The Morgan fingerprint density at radius 1 is 1.31 bits per heavy atom. The maximum atomic E-state index is 10.1. The molecule has 2 heteroatoms. The van der Waals surface area contributed by atoms with Crippen molar-refractivity contribution in [1.82, 2.24) is 0 Å². The van der Waals surface area contributed by atoms with Crippen LogP contribution in [0.15, 0.2) is 0 Å².